The molecule has 0 aromatic carbocycles. The molecule has 6 heteroatoms. The Morgan fingerprint density at radius 3 is 2.21 bits per heavy atom. The Bertz CT molecular complexity index is 716. The van der Waals surface area contributed by atoms with Crippen molar-refractivity contribution in [2.75, 3.05) is 13.7 Å². The lowest BCUT2D eigenvalue weighted by Crippen LogP contribution is -2.33. The molecule has 0 aliphatic carbocycles. The fraction of sp³-hybridized carbons (Fsp3) is 0.545. The summed E-state index contributed by atoms with van der Waals surface area (Å²) in [5.41, 5.74) is 4.34. The highest BCUT2D eigenvalue weighted by molar-refractivity contribution is 7.44. The van der Waals surface area contributed by atoms with E-state index in [9.17, 15) is 0 Å². The molecule has 0 spiro atoms. The first-order valence-electron chi connectivity index (χ1n) is 10.1. The second-order valence-electron chi connectivity index (χ2n) is 7.55. The normalized spacial score (nSPS) is 12.9. The number of aryl methyl sites for hydroxylation is 2. The van der Waals surface area contributed by atoms with E-state index in [1.165, 1.54) is 11.1 Å². The van der Waals surface area contributed by atoms with Gasteiger partial charge in [-0.05, 0) is 89.3 Å². The van der Waals surface area contributed by atoms with Gasteiger partial charge in [-0.3, -0.25) is 9.97 Å². The van der Waals surface area contributed by atoms with Gasteiger partial charge in [0.1, 0.15) is 0 Å². The summed E-state index contributed by atoms with van der Waals surface area (Å²) in [6, 6.07) is 9.10. The summed E-state index contributed by atoms with van der Waals surface area (Å²) in [6.45, 7) is 11.5. The molecule has 1 atom stereocenters. The summed E-state index contributed by atoms with van der Waals surface area (Å²) >= 11 is 0. The molecule has 0 aliphatic heterocycles. The Labute approximate surface area is 171 Å². The predicted molar refractivity (Wildman–Crippen MR) is 117 cm³/mol. The van der Waals surface area contributed by atoms with Gasteiger partial charge in [-0.25, -0.2) is 4.67 Å². The lowest BCUT2D eigenvalue weighted by Gasteiger charge is -2.34. The molecule has 0 aliphatic rings. The molecule has 2 rings (SSSR count). The smallest absolute Gasteiger partial charge is 0.258 e. The average Bonchev–Trinajstić information content (AvgIpc) is 2.66. The van der Waals surface area contributed by atoms with Crippen molar-refractivity contribution in [1.29, 1.82) is 0 Å². The molecule has 0 saturated heterocycles. The van der Waals surface area contributed by atoms with Crippen LogP contribution in [0.1, 0.15) is 51.7 Å². The van der Waals surface area contributed by atoms with Crippen LogP contribution in [0.3, 0.4) is 0 Å². The zero-order valence-corrected chi connectivity index (χ0v) is 18.9. The summed E-state index contributed by atoms with van der Waals surface area (Å²) < 4.78 is 14.0. The topological polar surface area (TPSA) is 47.5 Å². The number of rotatable bonds is 11. The fourth-order valence-electron chi connectivity index (χ4n) is 3.21. The molecule has 0 amide bonds. The molecule has 2 aromatic heterocycles. The van der Waals surface area contributed by atoms with E-state index in [2.05, 4.69) is 67.5 Å². The standard InChI is InChI=1S/C22H34N3O2P/c1-17(2)25(18(3)4)28(26-6)27-14-8-7-9-20-11-13-24-22(16-20)21-15-19(5)10-12-23-21/h10-13,15-18H,7-9,14H2,1-6H3. The molecule has 5 nitrogen and oxygen atoms in total. The molecule has 0 N–H and O–H groups in total. The van der Waals surface area contributed by atoms with Crippen molar-refractivity contribution in [3.8, 4) is 11.4 Å². The third kappa shape index (κ3) is 6.89. The van der Waals surface area contributed by atoms with Crippen LogP contribution in [0.2, 0.25) is 0 Å². The molecule has 154 valence electrons. The van der Waals surface area contributed by atoms with Gasteiger partial charge in [0, 0.05) is 31.6 Å². The van der Waals surface area contributed by atoms with Gasteiger partial charge >= 0.3 is 0 Å². The SMILES string of the molecule is COP(OCCCCc1ccnc(-c2cc(C)ccn2)c1)N(C(C)C)C(C)C. The maximum atomic E-state index is 6.07. The Morgan fingerprint density at radius 1 is 0.964 bits per heavy atom. The van der Waals surface area contributed by atoms with Crippen LogP contribution >= 0.6 is 8.53 Å². The van der Waals surface area contributed by atoms with Crippen LogP contribution in [-0.2, 0) is 15.5 Å². The van der Waals surface area contributed by atoms with Crippen molar-refractivity contribution < 1.29 is 9.05 Å². The summed E-state index contributed by atoms with van der Waals surface area (Å²) in [5.74, 6) is 0. The lowest BCUT2D eigenvalue weighted by atomic mass is 10.1. The molecule has 0 bridgehead atoms. The minimum Gasteiger partial charge on any atom is -0.325 e. The van der Waals surface area contributed by atoms with Gasteiger partial charge in [0.25, 0.3) is 8.53 Å². The van der Waals surface area contributed by atoms with Gasteiger partial charge in [0.05, 0.1) is 18.0 Å². The number of aromatic nitrogens is 2. The Kier molecular flexibility index (Phi) is 9.46. The maximum Gasteiger partial charge on any atom is 0.258 e. The molecule has 28 heavy (non-hydrogen) atoms. The van der Waals surface area contributed by atoms with Gasteiger partial charge in [0.15, 0.2) is 0 Å². The van der Waals surface area contributed by atoms with Crippen LogP contribution in [0.25, 0.3) is 11.4 Å². The van der Waals surface area contributed by atoms with Crippen LogP contribution in [0.5, 0.6) is 0 Å². The van der Waals surface area contributed by atoms with Crippen LogP contribution in [-0.4, -0.2) is 40.4 Å². The van der Waals surface area contributed by atoms with Crippen LogP contribution in [0, 0.1) is 6.92 Å². The van der Waals surface area contributed by atoms with E-state index in [-0.39, 0.29) is 0 Å². The summed E-state index contributed by atoms with van der Waals surface area (Å²) in [7, 11) is 0.742. The van der Waals surface area contributed by atoms with Crippen molar-refractivity contribution >= 4 is 8.53 Å². The first kappa shape index (κ1) is 22.9. The number of pyridine rings is 2. The van der Waals surface area contributed by atoms with Gasteiger partial charge in [-0.15, -0.1) is 0 Å². The highest BCUT2D eigenvalue weighted by Crippen LogP contribution is 2.45. The summed E-state index contributed by atoms with van der Waals surface area (Å²) in [6.07, 6.45) is 6.79. The molecule has 2 aromatic rings. The number of hydrogen-bond acceptors (Lipinski definition) is 5. The third-order valence-electron chi connectivity index (χ3n) is 4.47. The Balaban J connectivity index is 1.83. The molecule has 0 fully saturated rings. The highest BCUT2D eigenvalue weighted by atomic mass is 31.2. The van der Waals surface area contributed by atoms with E-state index in [0.29, 0.717) is 18.7 Å². The van der Waals surface area contributed by atoms with E-state index in [1.807, 2.05) is 18.5 Å². The van der Waals surface area contributed by atoms with Gasteiger partial charge < -0.3 is 9.05 Å². The molecule has 2 heterocycles. The van der Waals surface area contributed by atoms with E-state index in [4.69, 9.17) is 9.05 Å². The highest BCUT2D eigenvalue weighted by Gasteiger charge is 2.25. The number of unbranched alkanes of at least 4 members (excludes halogenated alkanes) is 1. The Hall–Kier alpha value is -1.39. The van der Waals surface area contributed by atoms with Gasteiger partial charge in [0.2, 0.25) is 0 Å². The monoisotopic (exact) mass is 403 g/mol. The maximum absolute atomic E-state index is 6.07. The van der Waals surface area contributed by atoms with Gasteiger partial charge in [-0.2, -0.15) is 0 Å². The van der Waals surface area contributed by atoms with Crippen LogP contribution in [0.15, 0.2) is 36.7 Å². The van der Waals surface area contributed by atoms with Gasteiger partial charge in [-0.1, -0.05) is 0 Å². The predicted octanol–water partition coefficient (Wildman–Crippen LogP) is 5.78. The van der Waals surface area contributed by atoms with Crippen molar-refractivity contribution in [1.82, 2.24) is 14.6 Å². The van der Waals surface area contributed by atoms with Crippen molar-refractivity contribution in [2.24, 2.45) is 0 Å². The quantitative estimate of drug-likeness (QED) is 0.351. The summed E-state index contributed by atoms with van der Waals surface area (Å²) in [5, 5.41) is 0. The molecule has 0 saturated carbocycles. The minimum atomic E-state index is -0.995. The van der Waals surface area contributed by atoms with E-state index in [1.54, 1.807) is 7.11 Å². The fourth-order valence-corrected chi connectivity index (χ4v) is 4.67. The molecular weight excluding hydrogens is 369 g/mol. The molecular formula is C22H34N3O2P. The second-order valence-corrected chi connectivity index (χ2v) is 9.11. The third-order valence-corrected chi connectivity index (χ3v) is 6.48. The zero-order valence-electron chi connectivity index (χ0n) is 18.1. The largest absolute Gasteiger partial charge is 0.325 e. The first-order chi connectivity index (χ1) is 13.4. The van der Waals surface area contributed by atoms with Crippen molar-refractivity contribution in [2.45, 2.75) is 66.0 Å². The average molecular weight is 404 g/mol. The lowest BCUT2D eigenvalue weighted by molar-refractivity contribution is 0.192. The first-order valence-corrected chi connectivity index (χ1v) is 11.2. The number of hydrogen-bond donors (Lipinski definition) is 0. The summed E-state index contributed by atoms with van der Waals surface area (Å²) in [4.78, 5) is 8.91. The van der Waals surface area contributed by atoms with E-state index in [0.717, 1.165) is 30.7 Å². The van der Waals surface area contributed by atoms with Crippen molar-refractivity contribution in [3.05, 3.63) is 47.8 Å². The Morgan fingerprint density at radius 2 is 1.61 bits per heavy atom. The van der Waals surface area contributed by atoms with Crippen LogP contribution < -0.4 is 0 Å². The van der Waals surface area contributed by atoms with Crippen molar-refractivity contribution in [3.63, 3.8) is 0 Å². The molecule has 0 radical (unpaired) electrons. The zero-order chi connectivity index (χ0) is 20.5. The van der Waals surface area contributed by atoms with Crippen LogP contribution in [0.4, 0.5) is 0 Å². The van der Waals surface area contributed by atoms with E-state index < -0.39 is 8.53 Å². The minimum absolute atomic E-state index is 0.400. The molecule has 1 unspecified atom stereocenters. The van der Waals surface area contributed by atoms with E-state index >= 15 is 0 Å². The number of nitrogens with zero attached hydrogens (tertiary/aromatic N) is 3. The second kappa shape index (κ2) is 11.6.